The molecule has 0 fully saturated rings. The second-order valence-corrected chi connectivity index (χ2v) is 4.88. The molecule has 2 rings (SSSR count). The number of rotatable bonds is 5. The lowest BCUT2D eigenvalue weighted by atomic mass is 10.3. The Labute approximate surface area is 130 Å². The fraction of sp³-hybridized carbons (Fsp3) is 0.333. The van der Waals surface area contributed by atoms with Gasteiger partial charge in [0.05, 0.1) is 6.10 Å². The molecular weight excluding hydrogens is 314 g/mol. The SMILES string of the molecule is CCC(C)Oc1nc(Nc2ccc(F)cc2)ncc1C(F)(F)F. The number of hydrogen-bond donors (Lipinski definition) is 1. The van der Waals surface area contributed by atoms with Gasteiger partial charge in [0.25, 0.3) is 0 Å². The molecule has 0 saturated heterocycles. The van der Waals surface area contributed by atoms with E-state index in [0.29, 0.717) is 18.3 Å². The molecule has 0 radical (unpaired) electrons. The van der Waals surface area contributed by atoms with Crippen LogP contribution in [0.4, 0.5) is 29.2 Å². The average molecular weight is 329 g/mol. The molecule has 0 aliphatic carbocycles. The summed E-state index contributed by atoms with van der Waals surface area (Å²) < 4.78 is 57.1. The lowest BCUT2D eigenvalue weighted by molar-refractivity contribution is -0.139. The maximum Gasteiger partial charge on any atom is 0.423 e. The van der Waals surface area contributed by atoms with Crippen LogP contribution in [0.2, 0.25) is 0 Å². The Bertz CT molecular complexity index is 659. The van der Waals surface area contributed by atoms with E-state index >= 15 is 0 Å². The molecule has 1 aromatic heterocycles. The van der Waals surface area contributed by atoms with Crippen molar-refractivity contribution in [3.8, 4) is 5.88 Å². The number of nitrogens with zero attached hydrogens (tertiary/aromatic N) is 2. The molecule has 0 aliphatic rings. The fourth-order valence-electron chi connectivity index (χ4n) is 1.65. The highest BCUT2D eigenvalue weighted by molar-refractivity contribution is 5.53. The maximum absolute atomic E-state index is 13.0. The first-order valence-corrected chi connectivity index (χ1v) is 6.93. The molecule has 2 aromatic rings. The molecule has 1 heterocycles. The minimum absolute atomic E-state index is 0.0667. The van der Waals surface area contributed by atoms with E-state index < -0.39 is 29.5 Å². The molecule has 1 atom stereocenters. The summed E-state index contributed by atoms with van der Waals surface area (Å²) in [5.74, 6) is -1.03. The summed E-state index contributed by atoms with van der Waals surface area (Å²) in [5.41, 5.74) is -0.594. The second-order valence-electron chi connectivity index (χ2n) is 4.88. The van der Waals surface area contributed by atoms with Crippen molar-refractivity contribution < 1.29 is 22.3 Å². The Morgan fingerprint density at radius 2 is 1.87 bits per heavy atom. The standard InChI is InChI=1S/C15H15F4N3O/c1-3-9(2)23-13-12(15(17,18)19)8-20-14(22-13)21-11-6-4-10(16)5-7-11/h4-9H,3H2,1-2H3,(H,20,21,22). The zero-order valence-corrected chi connectivity index (χ0v) is 12.5. The van der Waals surface area contributed by atoms with Gasteiger partial charge >= 0.3 is 6.18 Å². The number of hydrogen-bond acceptors (Lipinski definition) is 4. The van der Waals surface area contributed by atoms with E-state index in [4.69, 9.17) is 4.74 Å². The largest absolute Gasteiger partial charge is 0.474 e. The lowest BCUT2D eigenvalue weighted by Gasteiger charge is -2.17. The third-order valence-corrected chi connectivity index (χ3v) is 3.05. The van der Waals surface area contributed by atoms with Gasteiger partial charge < -0.3 is 10.1 Å². The van der Waals surface area contributed by atoms with Gasteiger partial charge in [0, 0.05) is 11.9 Å². The van der Waals surface area contributed by atoms with Crippen LogP contribution in [0.15, 0.2) is 30.5 Å². The topological polar surface area (TPSA) is 47.0 Å². The molecule has 0 amide bonds. The second kappa shape index (κ2) is 6.80. The molecule has 1 N–H and O–H groups in total. The van der Waals surface area contributed by atoms with Crippen LogP contribution in [0, 0.1) is 5.82 Å². The number of ether oxygens (including phenoxy) is 1. The summed E-state index contributed by atoms with van der Waals surface area (Å²) in [7, 11) is 0. The summed E-state index contributed by atoms with van der Waals surface area (Å²) in [5, 5.41) is 2.71. The highest BCUT2D eigenvalue weighted by Crippen LogP contribution is 2.35. The zero-order chi connectivity index (χ0) is 17.0. The van der Waals surface area contributed by atoms with Crippen LogP contribution in [0.5, 0.6) is 5.88 Å². The summed E-state index contributed by atoms with van der Waals surface area (Å²) >= 11 is 0. The lowest BCUT2D eigenvalue weighted by Crippen LogP contribution is -2.17. The first-order valence-electron chi connectivity index (χ1n) is 6.93. The summed E-state index contributed by atoms with van der Waals surface area (Å²) in [6.07, 6.45) is -3.85. The van der Waals surface area contributed by atoms with Crippen molar-refractivity contribution in [3.05, 3.63) is 41.8 Å². The number of nitrogens with one attached hydrogen (secondary N) is 1. The van der Waals surface area contributed by atoms with Crippen LogP contribution in [0.3, 0.4) is 0 Å². The molecule has 1 aromatic carbocycles. The third kappa shape index (κ3) is 4.54. The van der Waals surface area contributed by atoms with Gasteiger partial charge in [0.1, 0.15) is 11.4 Å². The van der Waals surface area contributed by atoms with Gasteiger partial charge in [-0.3, -0.25) is 0 Å². The molecule has 1 unspecified atom stereocenters. The van der Waals surface area contributed by atoms with E-state index in [2.05, 4.69) is 15.3 Å². The number of benzene rings is 1. The maximum atomic E-state index is 13.0. The quantitative estimate of drug-likeness (QED) is 0.817. The van der Waals surface area contributed by atoms with Crippen LogP contribution in [0.1, 0.15) is 25.8 Å². The van der Waals surface area contributed by atoms with Crippen LogP contribution >= 0.6 is 0 Å². The minimum Gasteiger partial charge on any atom is -0.474 e. The van der Waals surface area contributed by atoms with Gasteiger partial charge in [0.2, 0.25) is 11.8 Å². The highest BCUT2D eigenvalue weighted by Gasteiger charge is 2.36. The van der Waals surface area contributed by atoms with Crippen molar-refractivity contribution >= 4 is 11.6 Å². The third-order valence-electron chi connectivity index (χ3n) is 3.05. The molecular formula is C15H15F4N3O. The van der Waals surface area contributed by atoms with E-state index in [9.17, 15) is 17.6 Å². The first kappa shape index (κ1) is 17.0. The van der Waals surface area contributed by atoms with E-state index in [-0.39, 0.29) is 5.95 Å². The van der Waals surface area contributed by atoms with Crippen LogP contribution in [-0.2, 0) is 6.18 Å². The Morgan fingerprint density at radius 3 is 2.43 bits per heavy atom. The molecule has 0 bridgehead atoms. The molecule has 0 aliphatic heterocycles. The van der Waals surface area contributed by atoms with E-state index in [1.807, 2.05) is 0 Å². The number of alkyl halides is 3. The Morgan fingerprint density at radius 1 is 1.22 bits per heavy atom. The van der Waals surface area contributed by atoms with Gasteiger partial charge in [-0.15, -0.1) is 0 Å². The fourth-order valence-corrected chi connectivity index (χ4v) is 1.65. The van der Waals surface area contributed by atoms with Crippen molar-refractivity contribution in [1.29, 1.82) is 0 Å². The first-order chi connectivity index (χ1) is 10.8. The van der Waals surface area contributed by atoms with E-state index in [1.54, 1.807) is 13.8 Å². The molecule has 0 spiro atoms. The van der Waals surface area contributed by atoms with Gasteiger partial charge in [-0.2, -0.15) is 18.2 Å². The smallest absolute Gasteiger partial charge is 0.423 e. The molecule has 4 nitrogen and oxygen atoms in total. The van der Waals surface area contributed by atoms with E-state index in [0.717, 1.165) is 0 Å². The van der Waals surface area contributed by atoms with Gasteiger partial charge in [-0.05, 0) is 37.6 Å². The van der Waals surface area contributed by atoms with Crippen molar-refractivity contribution in [2.75, 3.05) is 5.32 Å². The monoisotopic (exact) mass is 329 g/mol. The summed E-state index contributed by atoms with van der Waals surface area (Å²) in [6.45, 7) is 3.44. The van der Waals surface area contributed by atoms with Gasteiger partial charge in [-0.1, -0.05) is 6.92 Å². The number of aromatic nitrogens is 2. The zero-order valence-electron chi connectivity index (χ0n) is 12.5. The van der Waals surface area contributed by atoms with Crippen molar-refractivity contribution in [2.24, 2.45) is 0 Å². The Balaban J connectivity index is 2.31. The Kier molecular flexibility index (Phi) is 5.02. The molecule has 23 heavy (non-hydrogen) atoms. The summed E-state index contributed by atoms with van der Waals surface area (Å²) in [4.78, 5) is 7.43. The predicted octanol–water partition coefficient (Wildman–Crippen LogP) is 4.56. The molecule has 0 saturated carbocycles. The van der Waals surface area contributed by atoms with Crippen molar-refractivity contribution in [1.82, 2.24) is 9.97 Å². The Hall–Kier alpha value is -2.38. The highest BCUT2D eigenvalue weighted by atomic mass is 19.4. The predicted molar refractivity (Wildman–Crippen MR) is 77.1 cm³/mol. The minimum atomic E-state index is -4.61. The van der Waals surface area contributed by atoms with Crippen LogP contribution in [-0.4, -0.2) is 16.1 Å². The van der Waals surface area contributed by atoms with Crippen molar-refractivity contribution in [2.45, 2.75) is 32.5 Å². The van der Waals surface area contributed by atoms with Crippen LogP contribution in [0.25, 0.3) is 0 Å². The number of anilines is 2. The van der Waals surface area contributed by atoms with Crippen LogP contribution < -0.4 is 10.1 Å². The van der Waals surface area contributed by atoms with Crippen molar-refractivity contribution in [3.63, 3.8) is 0 Å². The normalized spacial score (nSPS) is 12.8. The van der Waals surface area contributed by atoms with Gasteiger partial charge in [-0.25, -0.2) is 9.37 Å². The van der Waals surface area contributed by atoms with E-state index in [1.165, 1.54) is 24.3 Å². The summed E-state index contributed by atoms with van der Waals surface area (Å²) in [6, 6.07) is 5.27. The molecule has 124 valence electrons. The molecule has 8 heteroatoms. The van der Waals surface area contributed by atoms with Gasteiger partial charge in [0.15, 0.2) is 0 Å². The number of halogens is 4. The average Bonchev–Trinajstić information content (AvgIpc) is 2.48.